The van der Waals surface area contributed by atoms with Gasteiger partial charge in [-0.1, -0.05) is 0 Å². The molecule has 0 spiro atoms. The summed E-state index contributed by atoms with van der Waals surface area (Å²) in [5, 5.41) is 9.73. The summed E-state index contributed by atoms with van der Waals surface area (Å²) >= 11 is 0. The molecule has 2 rings (SSSR count). The van der Waals surface area contributed by atoms with Crippen LogP contribution in [-0.2, 0) is 5.60 Å². The Morgan fingerprint density at radius 1 is 1.58 bits per heavy atom. The molecule has 64 valence electrons. The first-order valence-corrected chi connectivity index (χ1v) is 4.07. The fraction of sp³-hybridized carbons (Fsp3) is 0.444. The van der Waals surface area contributed by atoms with Crippen LogP contribution < -0.4 is 5.73 Å². The molecule has 1 aromatic rings. The maximum Gasteiger partial charge on any atom is 0.109 e. The van der Waals surface area contributed by atoms with Gasteiger partial charge >= 0.3 is 0 Å². The lowest BCUT2D eigenvalue weighted by molar-refractivity contribution is 0.147. The fourth-order valence-corrected chi connectivity index (χ4v) is 1.34. The van der Waals surface area contributed by atoms with Gasteiger partial charge in [0.05, 0.1) is 11.4 Å². The van der Waals surface area contributed by atoms with Gasteiger partial charge < -0.3 is 10.8 Å². The van der Waals surface area contributed by atoms with Crippen molar-refractivity contribution in [3.05, 3.63) is 23.5 Å². The zero-order chi connectivity index (χ0) is 8.77. The smallest absolute Gasteiger partial charge is 0.109 e. The van der Waals surface area contributed by atoms with Crippen molar-refractivity contribution in [2.75, 3.05) is 5.73 Å². The summed E-state index contributed by atoms with van der Waals surface area (Å²) in [6, 6.07) is 1.85. The molecule has 0 radical (unpaired) electrons. The van der Waals surface area contributed by atoms with Crippen LogP contribution in [-0.4, -0.2) is 10.1 Å². The Morgan fingerprint density at radius 2 is 2.25 bits per heavy atom. The number of aryl methyl sites for hydroxylation is 1. The van der Waals surface area contributed by atoms with E-state index >= 15 is 0 Å². The zero-order valence-electron chi connectivity index (χ0n) is 7.04. The Labute approximate surface area is 71.2 Å². The van der Waals surface area contributed by atoms with Gasteiger partial charge in [0, 0.05) is 6.20 Å². The number of nitrogen functional groups attached to an aromatic ring is 1. The van der Waals surface area contributed by atoms with E-state index in [0.29, 0.717) is 11.4 Å². The average molecular weight is 164 g/mol. The number of nitrogens with zero attached hydrogens (tertiary/aromatic N) is 1. The summed E-state index contributed by atoms with van der Waals surface area (Å²) in [6.07, 6.45) is 3.31. The van der Waals surface area contributed by atoms with Crippen LogP contribution in [0.15, 0.2) is 12.3 Å². The summed E-state index contributed by atoms with van der Waals surface area (Å²) in [4.78, 5) is 4.14. The predicted molar refractivity (Wildman–Crippen MR) is 46.5 cm³/mol. The zero-order valence-corrected chi connectivity index (χ0v) is 7.04. The van der Waals surface area contributed by atoms with Crippen molar-refractivity contribution in [2.45, 2.75) is 25.4 Å². The van der Waals surface area contributed by atoms with Crippen molar-refractivity contribution < 1.29 is 5.11 Å². The van der Waals surface area contributed by atoms with E-state index in [1.807, 2.05) is 13.0 Å². The second-order valence-electron chi connectivity index (χ2n) is 3.48. The minimum absolute atomic E-state index is 0.606. The van der Waals surface area contributed by atoms with Crippen molar-refractivity contribution in [1.82, 2.24) is 4.98 Å². The highest BCUT2D eigenvalue weighted by molar-refractivity contribution is 5.49. The number of hydrogen-bond donors (Lipinski definition) is 2. The SMILES string of the molecule is Cc1cnc(C2(O)CC2)c(N)c1. The number of aliphatic hydroxyl groups is 1. The molecule has 0 saturated heterocycles. The van der Waals surface area contributed by atoms with Gasteiger partial charge in [-0.15, -0.1) is 0 Å². The quantitative estimate of drug-likeness (QED) is 0.649. The van der Waals surface area contributed by atoms with Gasteiger partial charge in [0.1, 0.15) is 5.60 Å². The summed E-state index contributed by atoms with van der Waals surface area (Å²) in [5.74, 6) is 0. The van der Waals surface area contributed by atoms with E-state index in [9.17, 15) is 5.11 Å². The van der Waals surface area contributed by atoms with Crippen molar-refractivity contribution >= 4 is 5.69 Å². The van der Waals surface area contributed by atoms with Crippen molar-refractivity contribution in [1.29, 1.82) is 0 Å². The summed E-state index contributed by atoms with van der Waals surface area (Å²) in [5.41, 5.74) is 7.30. The van der Waals surface area contributed by atoms with E-state index in [2.05, 4.69) is 4.98 Å². The Morgan fingerprint density at radius 3 is 2.75 bits per heavy atom. The van der Waals surface area contributed by atoms with Crippen LogP contribution in [0.1, 0.15) is 24.1 Å². The Hall–Kier alpha value is -1.09. The third kappa shape index (κ3) is 1.06. The van der Waals surface area contributed by atoms with Gasteiger partial charge in [-0.25, -0.2) is 0 Å². The molecule has 1 aliphatic carbocycles. The molecule has 1 saturated carbocycles. The lowest BCUT2D eigenvalue weighted by Crippen LogP contribution is -2.10. The molecule has 1 fully saturated rings. The standard InChI is InChI=1S/C9H12N2O/c1-6-4-7(10)8(11-5-6)9(12)2-3-9/h4-5,12H,2-3,10H2,1H3. The third-order valence-corrected chi connectivity index (χ3v) is 2.22. The van der Waals surface area contributed by atoms with Crippen LogP contribution in [0.25, 0.3) is 0 Å². The summed E-state index contributed by atoms with van der Waals surface area (Å²) in [6.45, 7) is 1.93. The monoisotopic (exact) mass is 164 g/mol. The van der Waals surface area contributed by atoms with Crippen LogP contribution in [0.4, 0.5) is 5.69 Å². The van der Waals surface area contributed by atoms with Gasteiger partial charge in [-0.05, 0) is 31.4 Å². The number of hydrogen-bond acceptors (Lipinski definition) is 3. The van der Waals surface area contributed by atoms with Gasteiger partial charge in [-0.2, -0.15) is 0 Å². The molecule has 1 aliphatic rings. The molecule has 3 nitrogen and oxygen atoms in total. The van der Waals surface area contributed by atoms with Crippen LogP contribution >= 0.6 is 0 Å². The fourth-order valence-electron chi connectivity index (χ4n) is 1.34. The largest absolute Gasteiger partial charge is 0.397 e. The molecular formula is C9H12N2O. The van der Waals surface area contributed by atoms with E-state index in [4.69, 9.17) is 5.73 Å². The van der Waals surface area contributed by atoms with E-state index in [-0.39, 0.29) is 0 Å². The van der Waals surface area contributed by atoms with Crippen LogP contribution in [0, 0.1) is 6.92 Å². The van der Waals surface area contributed by atoms with E-state index in [0.717, 1.165) is 18.4 Å². The summed E-state index contributed by atoms with van der Waals surface area (Å²) < 4.78 is 0. The van der Waals surface area contributed by atoms with E-state index < -0.39 is 5.60 Å². The minimum atomic E-state index is -0.711. The average Bonchev–Trinajstić information content (AvgIpc) is 2.68. The Balaban J connectivity index is 2.45. The second-order valence-corrected chi connectivity index (χ2v) is 3.48. The second kappa shape index (κ2) is 2.20. The first-order valence-electron chi connectivity index (χ1n) is 4.07. The first kappa shape index (κ1) is 7.55. The molecule has 0 bridgehead atoms. The van der Waals surface area contributed by atoms with E-state index in [1.165, 1.54) is 0 Å². The molecule has 0 atom stereocenters. The molecule has 12 heavy (non-hydrogen) atoms. The summed E-state index contributed by atoms with van der Waals surface area (Å²) in [7, 11) is 0. The predicted octanol–water partition coefficient (Wildman–Crippen LogP) is 0.954. The molecule has 0 amide bonds. The first-order chi connectivity index (χ1) is 5.62. The van der Waals surface area contributed by atoms with Gasteiger partial charge in [-0.3, -0.25) is 4.98 Å². The minimum Gasteiger partial charge on any atom is -0.397 e. The van der Waals surface area contributed by atoms with Crippen molar-refractivity contribution in [2.24, 2.45) is 0 Å². The van der Waals surface area contributed by atoms with Gasteiger partial charge in [0.15, 0.2) is 0 Å². The molecule has 0 aromatic carbocycles. The molecule has 0 aliphatic heterocycles. The molecule has 3 N–H and O–H groups in total. The number of rotatable bonds is 1. The normalized spacial score (nSPS) is 19.2. The van der Waals surface area contributed by atoms with Crippen LogP contribution in [0.5, 0.6) is 0 Å². The lowest BCUT2D eigenvalue weighted by atomic mass is 10.1. The van der Waals surface area contributed by atoms with E-state index in [1.54, 1.807) is 6.20 Å². The maximum absolute atomic E-state index is 9.73. The van der Waals surface area contributed by atoms with Crippen molar-refractivity contribution in [3.8, 4) is 0 Å². The number of nitrogens with two attached hydrogens (primary N) is 1. The van der Waals surface area contributed by atoms with Crippen LogP contribution in [0.2, 0.25) is 0 Å². The maximum atomic E-state index is 9.73. The van der Waals surface area contributed by atoms with Gasteiger partial charge in [0.25, 0.3) is 0 Å². The third-order valence-electron chi connectivity index (χ3n) is 2.22. The van der Waals surface area contributed by atoms with Crippen molar-refractivity contribution in [3.63, 3.8) is 0 Å². The highest BCUT2D eigenvalue weighted by Gasteiger charge is 2.44. The molecular weight excluding hydrogens is 152 g/mol. The Kier molecular flexibility index (Phi) is 1.38. The lowest BCUT2D eigenvalue weighted by Gasteiger charge is -2.09. The Bertz CT molecular complexity index is 318. The topological polar surface area (TPSA) is 59.1 Å². The highest BCUT2D eigenvalue weighted by atomic mass is 16.3. The number of aromatic nitrogens is 1. The molecule has 0 unspecified atom stereocenters. The number of pyridine rings is 1. The molecule has 1 heterocycles. The van der Waals surface area contributed by atoms with Gasteiger partial charge in [0.2, 0.25) is 0 Å². The number of anilines is 1. The van der Waals surface area contributed by atoms with Crippen LogP contribution in [0.3, 0.4) is 0 Å². The highest BCUT2D eigenvalue weighted by Crippen LogP contribution is 2.46. The molecule has 1 aromatic heterocycles. The molecule has 3 heteroatoms.